The fourth-order valence-corrected chi connectivity index (χ4v) is 3.48. The molecule has 144 valence electrons. The van der Waals surface area contributed by atoms with Gasteiger partial charge in [0, 0.05) is 37.8 Å². The van der Waals surface area contributed by atoms with Crippen molar-refractivity contribution >= 4 is 41.5 Å². The number of carbonyl (C=O) groups is 2. The zero-order valence-corrected chi connectivity index (χ0v) is 16.2. The summed E-state index contributed by atoms with van der Waals surface area (Å²) >= 11 is 6.29. The van der Waals surface area contributed by atoms with Gasteiger partial charge in [0.1, 0.15) is 0 Å². The van der Waals surface area contributed by atoms with Gasteiger partial charge in [-0.15, -0.1) is 12.4 Å². The van der Waals surface area contributed by atoms with Gasteiger partial charge in [-0.3, -0.25) is 9.59 Å². The maximum absolute atomic E-state index is 12.5. The highest BCUT2D eigenvalue weighted by Gasteiger charge is 2.21. The topological polar surface area (TPSA) is 70.7 Å². The molecule has 2 saturated heterocycles. The Morgan fingerprint density at radius 3 is 2.69 bits per heavy atom. The maximum atomic E-state index is 12.5. The molecule has 2 aliphatic heterocycles. The van der Waals surface area contributed by atoms with E-state index in [1.54, 1.807) is 18.2 Å². The van der Waals surface area contributed by atoms with E-state index in [2.05, 4.69) is 10.6 Å². The van der Waals surface area contributed by atoms with E-state index in [1.807, 2.05) is 4.90 Å². The summed E-state index contributed by atoms with van der Waals surface area (Å²) in [5.74, 6) is -0.139. The van der Waals surface area contributed by atoms with Crippen LogP contribution in [-0.4, -0.2) is 55.6 Å². The van der Waals surface area contributed by atoms with Gasteiger partial charge in [-0.05, 0) is 37.5 Å². The molecular formula is C18H25Cl2N3O3. The zero-order chi connectivity index (χ0) is 17.6. The number of anilines is 1. The highest BCUT2D eigenvalue weighted by molar-refractivity contribution is 6.34. The molecule has 0 bridgehead atoms. The molecule has 2 fully saturated rings. The number of carbonyl (C=O) groups excluding carboxylic acids is 2. The number of hydrogen-bond acceptors (Lipinski definition) is 4. The molecule has 2 amide bonds. The summed E-state index contributed by atoms with van der Waals surface area (Å²) in [7, 11) is 0. The molecule has 0 aromatic heterocycles. The predicted octanol–water partition coefficient (Wildman–Crippen LogP) is 2.70. The van der Waals surface area contributed by atoms with Crippen LogP contribution in [0.25, 0.3) is 0 Å². The molecule has 6 nitrogen and oxygen atoms in total. The van der Waals surface area contributed by atoms with E-state index in [4.69, 9.17) is 16.3 Å². The van der Waals surface area contributed by atoms with Crippen molar-refractivity contribution in [1.82, 2.24) is 10.2 Å². The number of amides is 2. The number of rotatable bonds is 4. The Labute approximate surface area is 165 Å². The average molecular weight is 402 g/mol. The molecule has 8 heteroatoms. The second kappa shape index (κ2) is 10.1. The molecule has 1 aromatic rings. The van der Waals surface area contributed by atoms with Crippen molar-refractivity contribution in [3.05, 3.63) is 28.8 Å². The van der Waals surface area contributed by atoms with Gasteiger partial charge in [-0.2, -0.15) is 0 Å². The first kappa shape index (κ1) is 21.0. The molecular weight excluding hydrogens is 377 g/mol. The molecule has 1 unspecified atom stereocenters. The van der Waals surface area contributed by atoms with Crippen molar-refractivity contribution in [3.8, 4) is 0 Å². The van der Waals surface area contributed by atoms with E-state index in [-0.39, 0.29) is 30.3 Å². The number of halogens is 2. The van der Waals surface area contributed by atoms with Gasteiger partial charge in [0.05, 0.1) is 23.8 Å². The molecule has 26 heavy (non-hydrogen) atoms. The van der Waals surface area contributed by atoms with E-state index >= 15 is 0 Å². The van der Waals surface area contributed by atoms with Crippen LogP contribution >= 0.6 is 24.0 Å². The molecule has 2 heterocycles. The Balaban J connectivity index is 0.00000243. The van der Waals surface area contributed by atoms with Crippen LogP contribution in [0, 0.1) is 0 Å². The van der Waals surface area contributed by atoms with Gasteiger partial charge < -0.3 is 20.3 Å². The van der Waals surface area contributed by atoms with Gasteiger partial charge in [0.25, 0.3) is 5.91 Å². The Bertz CT molecular complexity index is 630. The van der Waals surface area contributed by atoms with Crippen LogP contribution in [-0.2, 0) is 9.53 Å². The third-order valence-corrected chi connectivity index (χ3v) is 4.87. The standard InChI is InChI=1S/C18H24ClN3O3.ClH/c19-16-10-13(21-17(23)11-14-12-25-9-6-20-14)4-5-15(16)18(24)22-7-2-1-3-8-22;/h4-5,10,14,20H,1-3,6-9,11-12H2,(H,21,23);1H. The number of likely N-dealkylation sites (tertiary alicyclic amines) is 1. The Kier molecular flexibility index (Phi) is 8.15. The van der Waals surface area contributed by atoms with E-state index in [0.29, 0.717) is 35.9 Å². The predicted molar refractivity (Wildman–Crippen MR) is 104 cm³/mol. The van der Waals surface area contributed by atoms with Gasteiger partial charge in [0.15, 0.2) is 0 Å². The van der Waals surface area contributed by atoms with Crippen LogP contribution < -0.4 is 10.6 Å². The summed E-state index contributed by atoms with van der Waals surface area (Å²) in [6, 6.07) is 5.09. The summed E-state index contributed by atoms with van der Waals surface area (Å²) in [5.41, 5.74) is 1.09. The first-order valence-electron chi connectivity index (χ1n) is 8.83. The molecule has 2 aliphatic rings. The summed E-state index contributed by atoms with van der Waals surface area (Å²) in [6.45, 7) is 3.54. The van der Waals surface area contributed by atoms with Crippen molar-refractivity contribution in [2.24, 2.45) is 0 Å². The van der Waals surface area contributed by atoms with E-state index in [0.717, 1.165) is 32.5 Å². The number of morpholine rings is 1. The Hall–Kier alpha value is -1.34. The molecule has 0 saturated carbocycles. The van der Waals surface area contributed by atoms with Crippen LogP contribution in [0.15, 0.2) is 18.2 Å². The molecule has 1 aromatic carbocycles. The fraction of sp³-hybridized carbons (Fsp3) is 0.556. The van der Waals surface area contributed by atoms with Crippen LogP contribution in [0.1, 0.15) is 36.0 Å². The minimum atomic E-state index is -0.103. The van der Waals surface area contributed by atoms with E-state index < -0.39 is 0 Å². The maximum Gasteiger partial charge on any atom is 0.255 e. The van der Waals surface area contributed by atoms with Crippen molar-refractivity contribution < 1.29 is 14.3 Å². The van der Waals surface area contributed by atoms with Gasteiger partial charge in [0.2, 0.25) is 5.91 Å². The smallest absolute Gasteiger partial charge is 0.255 e. The van der Waals surface area contributed by atoms with Crippen LogP contribution in [0.4, 0.5) is 5.69 Å². The number of piperidine rings is 1. The lowest BCUT2D eigenvalue weighted by molar-refractivity contribution is -0.117. The lowest BCUT2D eigenvalue weighted by Gasteiger charge is -2.27. The molecule has 1 atom stereocenters. The third kappa shape index (κ3) is 5.58. The second-order valence-electron chi connectivity index (χ2n) is 6.53. The van der Waals surface area contributed by atoms with Crippen LogP contribution in [0.3, 0.4) is 0 Å². The van der Waals surface area contributed by atoms with E-state index in [1.165, 1.54) is 6.42 Å². The van der Waals surface area contributed by atoms with Crippen molar-refractivity contribution in [2.75, 3.05) is 38.2 Å². The molecule has 0 radical (unpaired) electrons. The molecule has 0 aliphatic carbocycles. The largest absolute Gasteiger partial charge is 0.378 e. The van der Waals surface area contributed by atoms with Crippen LogP contribution in [0.2, 0.25) is 5.02 Å². The van der Waals surface area contributed by atoms with E-state index in [9.17, 15) is 9.59 Å². The van der Waals surface area contributed by atoms with Crippen LogP contribution in [0.5, 0.6) is 0 Å². The SMILES string of the molecule is Cl.O=C(CC1COCCN1)Nc1ccc(C(=O)N2CCCCC2)c(Cl)c1. The minimum absolute atomic E-state index is 0. The monoisotopic (exact) mass is 401 g/mol. The number of nitrogens with zero attached hydrogens (tertiary/aromatic N) is 1. The highest BCUT2D eigenvalue weighted by atomic mass is 35.5. The first-order valence-corrected chi connectivity index (χ1v) is 9.21. The number of hydrogen-bond donors (Lipinski definition) is 2. The lowest BCUT2D eigenvalue weighted by Crippen LogP contribution is -2.43. The van der Waals surface area contributed by atoms with Crippen molar-refractivity contribution in [1.29, 1.82) is 0 Å². The average Bonchev–Trinajstić information content (AvgIpc) is 2.63. The molecule has 3 rings (SSSR count). The summed E-state index contributed by atoms with van der Waals surface area (Å²) in [5, 5.41) is 6.45. The third-order valence-electron chi connectivity index (χ3n) is 4.56. The first-order chi connectivity index (χ1) is 12.1. The molecule has 2 N–H and O–H groups in total. The quantitative estimate of drug-likeness (QED) is 0.813. The lowest BCUT2D eigenvalue weighted by atomic mass is 10.1. The number of benzene rings is 1. The Morgan fingerprint density at radius 2 is 2.04 bits per heavy atom. The summed E-state index contributed by atoms with van der Waals surface area (Å²) in [4.78, 5) is 26.5. The second-order valence-corrected chi connectivity index (χ2v) is 6.93. The van der Waals surface area contributed by atoms with Gasteiger partial charge in [-0.1, -0.05) is 11.6 Å². The van der Waals surface area contributed by atoms with Gasteiger partial charge in [-0.25, -0.2) is 0 Å². The van der Waals surface area contributed by atoms with Crippen molar-refractivity contribution in [3.63, 3.8) is 0 Å². The normalized spacial score (nSPS) is 20.2. The summed E-state index contributed by atoms with van der Waals surface area (Å²) < 4.78 is 5.35. The minimum Gasteiger partial charge on any atom is -0.378 e. The number of ether oxygens (including phenoxy) is 1. The Morgan fingerprint density at radius 1 is 1.27 bits per heavy atom. The zero-order valence-electron chi connectivity index (χ0n) is 14.6. The molecule has 0 spiro atoms. The number of nitrogens with one attached hydrogen (secondary N) is 2. The summed E-state index contributed by atoms with van der Waals surface area (Å²) in [6.07, 6.45) is 3.59. The highest BCUT2D eigenvalue weighted by Crippen LogP contribution is 2.24. The fourth-order valence-electron chi connectivity index (χ4n) is 3.22. The van der Waals surface area contributed by atoms with Gasteiger partial charge >= 0.3 is 0 Å². The van der Waals surface area contributed by atoms with Crippen molar-refractivity contribution in [2.45, 2.75) is 31.7 Å².